The van der Waals surface area contributed by atoms with Crippen LogP contribution in [0.2, 0.25) is 5.02 Å². The fourth-order valence-corrected chi connectivity index (χ4v) is 3.28. The molecule has 0 spiro atoms. The Morgan fingerprint density at radius 2 is 2.05 bits per heavy atom. The predicted molar refractivity (Wildman–Crippen MR) is 74.6 cm³/mol. The molecule has 0 unspecified atom stereocenters. The number of nitrogens with one attached hydrogen (secondary N) is 1. The molecule has 1 aromatic carbocycles. The maximum atomic E-state index is 13.6. The highest BCUT2D eigenvalue weighted by molar-refractivity contribution is 7.89. The Hall–Kier alpha value is -0.400. The normalized spacial score (nSPS) is 17.4. The van der Waals surface area contributed by atoms with Crippen molar-refractivity contribution in [1.82, 2.24) is 4.72 Å². The van der Waals surface area contributed by atoms with Crippen molar-refractivity contribution in [1.29, 1.82) is 0 Å². The Bertz CT molecular complexity index is 562. The summed E-state index contributed by atoms with van der Waals surface area (Å²) in [5, 5.41) is -0.219. The molecule has 0 atom stereocenters. The highest BCUT2D eigenvalue weighted by Gasteiger charge is 2.34. The molecule has 19 heavy (non-hydrogen) atoms. The van der Waals surface area contributed by atoms with Gasteiger partial charge < -0.3 is 5.73 Å². The minimum atomic E-state index is -3.91. The van der Waals surface area contributed by atoms with E-state index in [-0.39, 0.29) is 24.0 Å². The molecular weight excluding hydrogens is 314 g/mol. The molecule has 1 aromatic rings. The van der Waals surface area contributed by atoms with Crippen LogP contribution in [0.1, 0.15) is 19.3 Å². The van der Waals surface area contributed by atoms with E-state index in [1.165, 1.54) is 18.2 Å². The van der Waals surface area contributed by atoms with Gasteiger partial charge in [-0.3, -0.25) is 0 Å². The molecule has 0 radical (unpaired) electrons. The summed E-state index contributed by atoms with van der Waals surface area (Å²) in [6, 6.07) is 3.86. The third kappa shape index (κ3) is 3.58. The molecule has 0 saturated heterocycles. The van der Waals surface area contributed by atoms with E-state index in [1.807, 2.05) is 0 Å². The molecule has 1 saturated carbocycles. The van der Waals surface area contributed by atoms with Gasteiger partial charge in [-0.05, 0) is 31.4 Å². The number of hydrogen-bond acceptors (Lipinski definition) is 3. The summed E-state index contributed by atoms with van der Waals surface area (Å²) in [5.74, 6) is -0.939. The van der Waals surface area contributed by atoms with Crippen molar-refractivity contribution in [3.05, 3.63) is 29.0 Å². The zero-order chi connectivity index (χ0) is 13.4. The Morgan fingerprint density at radius 3 is 2.58 bits per heavy atom. The first kappa shape index (κ1) is 16.7. The number of nitrogens with two attached hydrogens (primary N) is 1. The number of sulfonamides is 1. The fraction of sp³-hybridized carbons (Fsp3) is 0.455. The molecule has 0 heterocycles. The van der Waals surface area contributed by atoms with Crippen LogP contribution < -0.4 is 10.5 Å². The van der Waals surface area contributed by atoms with Crippen LogP contribution in [0.15, 0.2) is 23.1 Å². The van der Waals surface area contributed by atoms with E-state index in [2.05, 4.69) is 4.72 Å². The first-order valence-electron chi connectivity index (χ1n) is 5.57. The molecular formula is C11H15Cl2FN2O2S. The lowest BCUT2D eigenvalue weighted by molar-refractivity contribution is 0.251. The fourth-order valence-electron chi connectivity index (χ4n) is 1.82. The topological polar surface area (TPSA) is 72.2 Å². The van der Waals surface area contributed by atoms with Crippen LogP contribution in [0, 0.1) is 5.82 Å². The lowest BCUT2D eigenvalue weighted by Gasteiger charge is -2.38. The summed E-state index contributed by atoms with van der Waals surface area (Å²) in [4.78, 5) is -0.446. The van der Waals surface area contributed by atoms with Crippen LogP contribution in [0.3, 0.4) is 0 Å². The minimum absolute atomic E-state index is 0. The van der Waals surface area contributed by atoms with Crippen molar-refractivity contribution in [2.45, 2.75) is 29.7 Å². The monoisotopic (exact) mass is 328 g/mol. The van der Waals surface area contributed by atoms with Crippen molar-refractivity contribution in [2.24, 2.45) is 5.73 Å². The number of benzene rings is 1. The summed E-state index contributed by atoms with van der Waals surface area (Å²) in [6.07, 6.45) is 2.53. The Labute approximate surface area is 123 Å². The van der Waals surface area contributed by atoms with Gasteiger partial charge in [0.2, 0.25) is 10.0 Å². The SMILES string of the molecule is Cl.NC1(CNS(=O)(=O)c2cccc(Cl)c2F)CCC1. The zero-order valence-electron chi connectivity index (χ0n) is 10.0. The summed E-state index contributed by atoms with van der Waals surface area (Å²) in [7, 11) is -3.91. The molecule has 108 valence electrons. The third-order valence-corrected chi connectivity index (χ3v) is 4.88. The van der Waals surface area contributed by atoms with Crippen LogP contribution in [0.25, 0.3) is 0 Å². The smallest absolute Gasteiger partial charge is 0.243 e. The highest BCUT2D eigenvalue weighted by Crippen LogP contribution is 2.29. The van der Waals surface area contributed by atoms with Crippen molar-refractivity contribution in [3.8, 4) is 0 Å². The molecule has 0 bridgehead atoms. The second-order valence-corrected chi connectivity index (χ2v) is 6.74. The molecule has 8 heteroatoms. The molecule has 4 nitrogen and oxygen atoms in total. The molecule has 2 rings (SSSR count). The predicted octanol–water partition coefficient (Wildman–Crippen LogP) is 2.06. The van der Waals surface area contributed by atoms with Gasteiger partial charge in [0.05, 0.1) is 5.02 Å². The van der Waals surface area contributed by atoms with E-state index in [0.29, 0.717) is 0 Å². The van der Waals surface area contributed by atoms with E-state index >= 15 is 0 Å². The van der Waals surface area contributed by atoms with E-state index < -0.39 is 26.3 Å². The number of hydrogen-bond donors (Lipinski definition) is 2. The van der Waals surface area contributed by atoms with Crippen molar-refractivity contribution in [3.63, 3.8) is 0 Å². The quantitative estimate of drug-likeness (QED) is 0.888. The maximum absolute atomic E-state index is 13.6. The van der Waals surface area contributed by atoms with E-state index in [0.717, 1.165) is 19.3 Å². The maximum Gasteiger partial charge on any atom is 0.243 e. The van der Waals surface area contributed by atoms with Crippen LogP contribution in [-0.4, -0.2) is 20.5 Å². The van der Waals surface area contributed by atoms with Crippen LogP contribution >= 0.6 is 24.0 Å². The zero-order valence-corrected chi connectivity index (χ0v) is 12.4. The first-order chi connectivity index (χ1) is 8.34. The molecule has 1 aliphatic rings. The average Bonchev–Trinajstić information content (AvgIpc) is 2.27. The minimum Gasteiger partial charge on any atom is -0.324 e. The lowest BCUT2D eigenvalue weighted by Crippen LogP contribution is -2.54. The van der Waals surface area contributed by atoms with Gasteiger partial charge in [0.1, 0.15) is 4.90 Å². The van der Waals surface area contributed by atoms with Crippen LogP contribution in [0.5, 0.6) is 0 Å². The second-order valence-electron chi connectivity index (χ2n) is 4.59. The van der Waals surface area contributed by atoms with Gasteiger partial charge >= 0.3 is 0 Å². The molecule has 0 aromatic heterocycles. The number of halogens is 3. The van der Waals surface area contributed by atoms with Gasteiger partial charge in [-0.1, -0.05) is 17.7 Å². The average molecular weight is 329 g/mol. The van der Waals surface area contributed by atoms with E-state index in [1.54, 1.807) is 0 Å². The molecule has 3 N–H and O–H groups in total. The molecule has 0 aliphatic heterocycles. The third-order valence-electron chi connectivity index (χ3n) is 3.17. The summed E-state index contributed by atoms with van der Waals surface area (Å²) in [5.41, 5.74) is 5.41. The van der Waals surface area contributed by atoms with Gasteiger partial charge in [-0.2, -0.15) is 0 Å². The summed E-state index contributed by atoms with van der Waals surface area (Å²) in [6.45, 7) is 0.112. The van der Waals surface area contributed by atoms with Gasteiger partial charge in [-0.15, -0.1) is 12.4 Å². The summed E-state index contributed by atoms with van der Waals surface area (Å²) >= 11 is 5.56. The molecule has 1 fully saturated rings. The standard InChI is InChI=1S/C11H14ClFN2O2S.ClH/c12-8-3-1-4-9(10(8)13)18(16,17)15-7-11(14)5-2-6-11;/h1,3-4,15H,2,5-7,14H2;1H. The van der Waals surface area contributed by atoms with Crippen LogP contribution in [0.4, 0.5) is 4.39 Å². The Kier molecular flexibility index (Phi) is 5.20. The van der Waals surface area contributed by atoms with Gasteiger partial charge in [-0.25, -0.2) is 17.5 Å². The van der Waals surface area contributed by atoms with E-state index in [4.69, 9.17) is 17.3 Å². The number of rotatable bonds is 4. The second kappa shape index (κ2) is 5.93. The summed E-state index contributed by atoms with van der Waals surface area (Å²) < 4.78 is 39.8. The Morgan fingerprint density at radius 1 is 1.42 bits per heavy atom. The van der Waals surface area contributed by atoms with Crippen molar-refractivity contribution < 1.29 is 12.8 Å². The van der Waals surface area contributed by atoms with Crippen molar-refractivity contribution >= 4 is 34.0 Å². The molecule has 0 amide bonds. The van der Waals surface area contributed by atoms with Gasteiger partial charge in [0.25, 0.3) is 0 Å². The van der Waals surface area contributed by atoms with E-state index in [9.17, 15) is 12.8 Å². The highest BCUT2D eigenvalue weighted by atomic mass is 35.5. The van der Waals surface area contributed by atoms with Crippen molar-refractivity contribution in [2.75, 3.05) is 6.54 Å². The largest absolute Gasteiger partial charge is 0.324 e. The van der Waals surface area contributed by atoms with Gasteiger partial charge in [0.15, 0.2) is 5.82 Å². The van der Waals surface area contributed by atoms with Crippen LogP contribution in [-0.2, 0) is 10.0 Å². The lowest BCUT2D eigenvalue weighted by atomic mass is 9.78. The van der Waals surface area contributed by atoms with Gasteiger partial charge in [0, 0.05) is 12.1 Å². The molecule has 1 aliphatic carbocycles. The first-order valence-corrected chi connectivity index (χ1v) is 7.43. The Balaban J connectivity index is 0.00000180.